The summed E-state index contributed by atoms with van der Waals surface area (Å²) in [6.45, 7) is 4.34. The van der Waals surface area contributed by atoms with Crippen molar-refractivity contribution in [3.8, 4) is 6.07 Å². The molecule has 0 saturated carbocycles. The Hall–Kier alpha value is -2.27. The van der Waals surface area contributed by atoms with E-state index in [0.29, 0.717) is 11.6 Å². The Morgan fingerprint density at radius 1 is 1.00 bits per heavy atom. The number of benzene rings is 2. The van der Waals surface area contributed by atoms with Gasteiger partial charge in [-0.2, -0.15) is 5.26 Å². The van der Waals surface area contributed by atoms with Crippen molar-refractivity contribution < 1.29 is 0 Å². The second kappa shape index (κ2) is 3.89. The summed E-state index contributed by atoms with van der Waals surface area (Å²) in [5.41, 5.74) is 3.09. The molecule has 2 aromatic carbocycles. The van der Waals surface area contributed by atoms with Crippen molar-refractivity contribution in [2.45, 2.75) is 19.9 Å². The van der Waals surface area contributed by atoms with E-state index in [9.17, 15) is 0 Å². The lowest BCUT2D eigenvalue weighted by Crippen LogP contribution is -1.99. The largest absolute Gasteiger partial charge is 0.338 e. The molecule has 0 radical (unpaired) electrons. The van der Waals surface area contributed by atoms with E-state index in [2.05, 4.69) is 54.8 Å². The number of aromatic nitrogens is 1. The number of rotatable bonds is 1. The average Bonchev–Trinajstić information content (AvgIpc) is 2.72. The molecule has 3 rings (SSSR count). The minimum absolute atomic E-state index is 0.376. The van der Waals surface area contributed by atoms with Crippen LogP contribution in [0.25, 0.3) is 21.8 Å². The molecule has 0 aliphatic carbocycles. The quantitative estimate of drug-likeness (QED) is 0.618. The zero-order valence-electron chi connectivity index (χ0n) is 10.5. The Kier molecular flexibility index (Phi) is 2.34. The van der Waals surface area contributed by atoms with Gasteiger partial charge in [0.2, 0.25) is 0 Å². The third-order valence-electron chi connectivity index (χ3n) is 3.36. The van der Waals surface area contributed by atoms with Gasteiger partial charge in [0.1, 0.15) is 0 Å². The fourth-order valence-corrected chi connectivity index (χ4v) is 2.63. The molecule has 0 spiro atoms. The highest BCUT2D eigenvalue weighted by molar-refractivity contribution is 6.08. The molecule has 0 fully saturated rings. The first-order valence-electron chi connectivity index (χ1n) is 6.15. The lowest BCUT2D eigenvalue weighted by Gasteiger charge is -2.11. The predicted octanol–water partition coefficient (Wildman–Crippen LogP) is 4.25. The molecular weight excluding hydrogens is 220 g/mol. The lowest BCUT2D eigenvalue weighted by atomic mass is 10.1. The molecule has 2 heteroatoms. The monoisotopic (exact) mass is 234 g/mol. The molecule has 2 nitrogen and oxygen atoms in total. The summed E-state index contributed by atoms with van der Waals surface area (Å²) in [5.74, 6) is 0. The molecule has 0 N–H and O–H groups in total. The van der Waals surface area contributed by atoms with Crippen LogP contribution < -0.4 is 0 Å². The van der Waals surface area contributed by atoms with E-state index < -0.39 is 0 Å². The third-order valence-corrected chi connectivity index (χ3v) is 3.36. The van der Waals surface area contributed by atoms with E-state index in [4.69, 9.17) is 5.26 Å². The highest BCUT2D eigenvalue weighted by Crippen LogP contribution is 2.32. The third kappa shape index (κ3) is 1.41. The Bertz CT molecular complexity index is 773. The van der Waals surface area contributed by atoms with Crippen LogP contribution >= 0.6 is 0 Å². The lowest BCUT2D eigenvalue weighted by molar-refractivity contribution is 0.642. The van der Waals surface area contributed by atoms with Crippen molar-refractivity contribution in [3.63, 3.8) is 0 Å². The summed E-state index contributed by atoms with van der Waals surface area (Å²) in [4.78, 5) is 0. The molecule has 0 bridgehead atoms. The maximum atomic E-state index is 9.04. The molecule has 18 heavy (non-hydrogen) atoms. The SMILES string of the molecule is CC(C)n1c2ccccc2c2ccc(C#N)cc21. The van der Waals surface area contributed by atoms with Crippen LogP contribution in [0.15, 0.2) is 42.5 Å². The number of para-hydroxylation sites is 1. The van der Waals surface area contributed by atoms with E-state index in [1.54, 1.807) is 0 Å². The van der Waals surface area contributed by atoms with Crippen molar-refractivity contribution in [3.05, 3.63) is 48.0 Å². The number of nitrogens with zero attached hydrogens (tertiary/aromatic N) is 2. The Balaban J connectivity index is 2.55. The summed E-state index contributed by atoms with van der Waals surface area (Å²) in [7, 11) is 0. The van der Waals surface area contributed by atoms with E-state index in [-0.39, 0.29) is 0 Å². The van der Waals surface area contributed by atoms with Crippen LogP contribution in [0, 0.1) is 11.3 Å². The average molecular weight is 234 g/mol. The van der Waals surface area contributed by atoms with Crippen LogP contribution in [-0.4, -0.2) is 4.57 Å². The minimum atomic E-state index is 0.376. The zero-order valence-corrected chi connectivity index (χ0v) is 10.5. The maximum Gasteiger partial charge on any atom is 0.0992 e. The summed E-state index contributed by atoms with van der Waals surface area (Å²) in [6.07, 6.45) is 0. The van der Waals surface area contributed by atoms with Gasteiger partial charge in [0.15, 0.2) is 0 Å². The van der Waals surface area contributed by atoms with Crippen molar-refractivity contribution in [1.29, 1.82) is 5.26 Å². The minimum Gasteiger partial charge on any atom is -0.338 e. The van der Waals surface area contributed by atoms with Gasteiger partial charge in [-0.05, 0) is 32.0 Å². The molecule has 0 aliphatic heterocycles. The highest BCUT2D eigenvalue weighted by atomic mass is 15.0. The zero-order chi connectivity index (χ0) is 12.7. The molecule has 0 atom stereocenters. The normalized spacial score (nSPS) is 11.2. The maximum absolute atomic E-state index is 9.04. The van der Waals surface area contributed by atoms with Crippen molar-refractivity contribution in [2.75, 3.05) is 0 Å². The van der Waals surface area contributed by atoms with E-state index in [1.807, 2.05) is 12.1 Å². The molecule has 3 aromatic rings. The Labute approximate surface area is 106 Å². The molecular formula is C16H14N2. The van der Waals surface area contributed by atoms with E-state index >= 15 is 0 Å². The number of hydrogen-bond acceptors (Lipinski definition) is 1. The first-order valence-corrected chi connectivity index (χ1v) is 6.15. The topological polar surface area (TPSA) is 28.7 Å². The van der Waals surface area contributed by atoms with Crippen LogP contribution in [0.4, 0.5) is 0 Å². The van der Waals surface area contributed by atoms with Crippen molar-refractivity contribution in [2.24, 2.45) is 0 Å². The molecule has 1 heterocycles. The van der Waals surface area contributed by atoms with Gasteiger partial charge in [-0.3, -0.25) is 0 Å². The van der Waals surface area contributed by atoms with Crippen LogP contribution in [0.3, 0.4) is 0 Å². The second-order valence-electron chi connectivity index (χ2n) is 4.82. The Morgan fingerprint density at radius 2 is 1.72 bits per heavy atom. The van der Waals surface area contributed by atoms with Crippen molar-refractivity contribution >= 4 is 21.8 Å². The molecule has 88 valence electrons. The van der Waals surface area contributed by atoms with Crippen molar-refractivity contribution in [1.82, 2.24) is 4.57 Å². The van der Waals surface area contributed by atoms with Crippen LogP contribution in [0.5, 0.6) is 0 Å². The standard InChI is InChI=1S/C16H14N2/c1-11(2)18-15-6-4-3-5-13(15)14-8-7-12(10-17)9-16(14)18/h3-9,11H,1-2H3. The molecule has 0 unspecified atom stereocenters. The van der Waals surface area contributed by atoms with E-state index in [0.717, 1.165) is 5.52 Å². The number of hydrogen-bond donors (Lipinski definition) is 0. The smallest absolute Gasteiger partial charge is 0.0992 e. The van der Waals surface area contributed by atoms with Crippen LogP contribution in [-0.2, 0) is 0 Å². The van der Waals surface area contributed by atoms with Gasteiger partial charge in [-0.15, -0.1) is 0 Å². The van der Waals surface area contributed by atoms with Gasteiger partial charge in [-0.25, -0.2) is 0 Å². The van der Waals surface area contributed by atoms with E-state index in [1.165, 1.54) is 16.3 Å². The fraction of sp³-hybridized carbons (Fsp3) is 0.188. The van der Waals surface area contributed by atoms with Gasteiger partial charge in [-0.1, -0.05) is 24.3 Å². The summed E-state index contributed by atoms with van der Waals surface area (Å²) in [6, 6.07) is 16.9. The van der Waals surface area contributed by atoms with Gasteiger partial charge < -0.3 is 4.57 Å². The molecule has 1 aromatic heterocycles. The summed E-state index contributed by atoms with van der Waals surface area (Å²) >= 11 is 0. The van der Waals surface area contributed by atoms with Gasteiger partial charge in [0.05, 0.1) is 17.1 Å². The summed E-state index contributed by atoms with van der Waals surface area (Å²) in [5, 5.41) is 11.5. The predicted molar refractivity (Wildman–Crippen MR) is 74.5 cm³/mol. The summed E-state index contributed by atoms with van der Waals surface area (Å²) < 4.78 is 2.30. The fourth-order valence-electron chi connectivity index (χ4n) is 2.63. The van der Waals surface area contributed by atoms with Gasteiger partial charge >= 0.3 is 0 Å². The molecule has 0 aliphatic rings. The van der Waals surface area contributed by atoms with Crippen LogP contribution in [0.2, 0.25) is 0 Å². The second-order valence-corrected chi connectivity index (χ2v) is 4.82. The number of nitriles is 1. The first-order chi connectivity index (χ1) is 8.72. The van der Waals surface area contributed by atoms with Crippen LogP contribution in [0.1, 0.15) is 25.5 Å². The van der Waals surface area contributed by atoms with Gasteiger partial charge in [0, 0.05) is 22.3 Å². The molecule has 0 saturated heterocycles. The molecule has 0 amide bonds. The van der Waals surface area contributed by atoms with Gasteiger partial charge in [0.25, 0.3) is 0 Å². The first kappa shape index (κ1) is 10.9. The Morgan fingerprint density at radius 3 is 2.44 bits per heavy atom. The highest BCUT2D eigenvalue weighted by Gasteiger charge is 2.12. The number of fused-ring (bicyclic) bond motifs is 3.